The standard InChI is InChI=1S/C14H16N2OS/c1-14(2,3)18(17)16-10-11-6-7-13-12(9-11)5-4-8-15-13/h4-10H,1-3H3/b16-10+/t18-/m1/s1. The molecule has 0 aliphatic carbocycles. The van der Waals surface area contributed by atoms with E-state index in [4.69, 9.17) is 0 Å². The van der Waals surface area contributed by atoms with Crippen molar-refractivity contribution in [1.29, 1.82) is 0 Å². The zero-order valence-electron chi connectivity index (χ0n) is 10.8. The summed E-state index contributed by atoms with van der Waals surface area (Å²) in [6.45, 7) is 5.72. The highest BCUT2D eigenvalue weighted by molar-refractivity contribution is 7.85. The zero-order chi connectivity index (χ0) is 13.2. The third-order valence-electron chi connectivity index (χ3n) is 2.45. The van der Waals surface area contributed by atoms with Crippen molar-refractivity contribution >= 4 is 28.1 Å². The summed E-state index contributed by atoms with van der Waals surface area (Å²) in [7, 11) is -1.22. The summed E-state index contributed by atoms with van der Waals surface area (Å²) < 4.78 is 15.6. The second kappa shape index (κ2) is 4.98. The van der Waals surface area contributed by atoms with Crippen LogP contribution < -0.4 is 0 Å². The van der Waals surface area contributed by atoms with Gasteiger partial charge in [0.2, 0.25) is 0 Å². The van der Waals surface area contributed by atoms with Crippen LogP contribution in [0.2, 0.25) is 0 Å². The molecule has 0 saturated carbocycles. The monoisotopic (exact) mass is 260 g/mol. The van der Waals surface area contributed by atoms with Crippen LogP contribution in [0.3, 0.4) is 0 Å². The Kier molecular flexibility index (Phi) is 3.57. The van der Waals surface area contributed by atoms with E-state index in [1.165, 1.54) is 0 Å². The van der Waals surface area contributed by atoms with Crippen LogP contribution in [-0.2, 0) is 11.0 Å². The van der Waals surface area contributed by atoms with Gasteiger partial charge in [-0.1, -0.05) is 12.1 Å². The van der Waals surface area contributed by atoms with Gasteiger partial charge >= 0.3 is 0 Å². The van der Waals surface area contributed by atoms with Crippen LogP contribution in [0.25, 0.3) is 10.9 Å². The third-order valence-corrected chi connectivity index (χ3v) is 3.79. The lowest BCUT2D eigenvalue weighted by molar-refractivity contribution is 0.651. The third kappa shape index (κ3) is 3.01. The number of pyridine rings is 1. The second-order valence-corrected chi connectivity index (χ2v) is 6.99. The highest BCUT2D eigenvalue weighted by atomic mass is 32.2. The van der Waals surface area contributed by atoms with Crippen molar-refractivity contribution in [3.63, 3.8) is 0 Å². The fraction of sp³-hybridized carbons (Fsp3) is 0.286. The quantitative estimate of drug-likeness (QED) is 0.779. The van der Waals surface area contributed by atoms with Crippen LogP contribution in [0.5, 0.6) is 0 Å². The molecule has 0 amide bonds. The van der Waals surface area contributed by atoms with Crippen molar-refractivity contribution in [2.24, 2.45) is 4.40 Å². The molecule has 0 aliphatic heterocycles. The highest BCUT2D eigenvalue weighted by Crippen LogP contribution is 2.14. The predicted molar refractivity (Wildman–Crippen MR) is 77.2 cm³/mol. The second-order valence-electron chi connectivity index (χ2n) is 5.05. The number of aromatic nitrogens is 1. The lowest BCUT2D eigenvalue weighted by Gasteiger charge is -2.12. The van der Waals surface area contributed by atoms with Crippen molar-refractivity contribution in [2.75, 3.05) is 0 Å². The Hall–Kier alpha value is -1.55. The molecule has 2 rings (SSSR count). The summed E-state index contributed by atoms with van der Waals surface area (Å²) in [5, 5.41) is 1.06. The van der Waals surface area contributed by atoms with Gasteiger partial charge in [0.15, 0.2) is 0 Å². The van der Waals surface area contributed by atoms with E-state index in [1.807, 2.05) is 51.1 Å². The number of fused-ring (bicyclic) bond motifs is 1. The van der Waals surface area contributed by atoms with Crippen LogP contribution >= 0.6 is 0 Å². The lowest BCUT2D eigenvalue weighted by atomic mass is 10.1. The van der Waals surface area contributed by atoms with E-state index in [2.05, 4.69) is 9.38 Å². The van der Waals surface area contributed by atoms with Crippen LogP contribution in [-0.4, -0.2) is 20.2 Å². The maximum absolute atomic E-state index is 11.8. The lowest BCUT2D eigenvalue weighted by Crippen LogP contribution is -2.19. The van der Waals surface area contributed by atoms with Crippen LogP contribution in [0.4, 0.5) is 0 Å². The summed E-state index contributed by atoms with van der Waals surface area (Å²) in [5.41, 5.74) is 1.89. The minimum atomic E-state index is -1.22. The minimum Gasteiger partial charge on any atom is -0.256 e. The molecule has 0 bridgehead atoms. The molecule has 4 heteroatoms. The molecule has 0 saturated heterocycles. The van der Waals surface area contributed by atoms with Gasteiger partial charge in [0, 0.05) is 17.8 Å². The molecule has 94 valence electrons. The topological polar surface area (TPSA) is 42.3 Å². The van der Waals surface area contributed by atoms with E-state index in [-0.39, 0.29) is 4.75 Å². The van der Waals surface area contributed by atoms with Crippen LogP contribution in [0, 0.1) is 0 Å². The largest absolute Gasteiger partial charge is 0.256 e. The molecule has 1 aromatic heterocycles. The first-order valence-corrected chi connectivity index (χ1v) is 6.88. The Morgan fingerprint density at radius 3 is 2.78 bits per heavy atom. The Morgan fingerprint density at radius 2 is 2.06 bits per heavy atom. The molecule has 3 nitrogen and oxygen atoms in total. The number of hydrogen-bond acceptors (Lipinski definition) is 2. The van der Waals surface area contributed by atoms with Crippen molar-refractivity contribution < 1.29 is 4.21 Å². The van der Waals surface area contributed by atoms with E-state index < -0.39 is 11.0 Å². The first-order chi connectivity index (χ1) is 8.47. The number of benzene rings is 1. The molecule has 0 radical (unpaired) electrons. The SMILES string of the molecule is CC(C)(C)[S@@](=O)/N=C/c1ccc2ncccc2c1. The van der Waals surface area contributed by atoms with Gasteiger partial charge in [0.05, 0.1) is 10.3 Å². The highest BCUT2D eigenvalue weighted by Gasteiger charge is 2.17. The molecule has 1 atom stereocenters. The molecular weight excluding hydrogens is 244 g/mol. The molecule has 18 heavy (non-hydrogen) atoms. The number of hydrogen-bond donors (Lipinski definition) is 0. The van der Waals surface area contributed by atoms with E-state index in [0.29, 0.717) is 0 Å². The van der Waals surface area contributed by atoms with Gasteiger partial charge in [-0.15, -0.1) is 0 Å². The molecular formula is C14H16N2OS. The van der Waals surface area contributed by atoms with Gasteiger partial charge in [0.25, 0.3) is 0 Å². The maximum Gasteiger partial charge on any atom is 0.144 e. The van der Waals surface area contributed by atoms with Crippen LogP contribution in [0.15, 0.2) is 40.9 Å². The van der Waals surface area contributed by atoms with E-state index >= 15 is 0 Å². The molecule has 0 fully saturated rings. The maximum atomic E-state index is 11.8. The Morgan fingerprint density at radius 1 is 1.28 bits per heavy atom. The van der Waals surface area contributed by atoms with Crippen molar-refractivity contribution in [3.05, 3.63) is 42.1 Å². The van der Waals surface area contributed by atoms with Crippen molar-refractivity contribution in [2.45, 2.75) is 25.5 Å². The summed E-state index contributed by atoms with van der Waals surface area (Å²) in [6.07, 6.45) is 3.43. The molecule has 0 spiro atoms. The average Bonchev–Trinajstić information content (AvgIpc) is 2.34. The Bertz CT molecular complexity index is 614. The number of rotatable bonds is 2. The van der Waals surface area contributed by atoms with Crippen LogP contribution in [0.1, 0.15) is 26.3 Å². The normalized spacial score (nSPS) is 14.2. The minimum absolute atomic E-state index is 0.325. The zero-order valence-corrected chi connectivity index (χ0v) is 11.6. The first kappa shape index (κ1) is 12.9. The summed E-state index contributed by atoms with van der Waals surface area (Å²) in [5.74, 6) is 0. The number of nitrogens with zero attached hydrogens (tertiary/aromatic N) is 2. The fourth-order valence-electron chi connectivity index (χ4n) is 1.44. The van der Waals surface area contributed by atoms with Gasteiger partial charge in [-0.2, -0.15) is 4.40 Å². The van der Waals surface area contributed by atoms with Gasteiger partial charge in [0.1, 0.15) is 11.0 Å². The molecule has 1 heterocycles. The van der Waals surface area contributed by atoms with E-state index in [0.717, 1.165) is 16.5 Å². The van der Waals surface area contributed by atoms with Crippen molar-refractivity contribution in [1.82, 2.24) is 4.98 Å². The van der Waals surface area contributed by atoms with Gasteiger partial charge in [-0.3, -0.25) is 4.98 Å². The van der Waals surface area contributed by atoms with E-state index in [9.17, 15) is 4.21 Å². The predicted octanol–water partition coefficient (Wildman–Crippen LogP) is 3.12. The summed E-state index contributed by atoms with van der Waals surface area (Å²) in [4.78, 5) is 4.25. The molecule has 0 unspecified atom stereocenters. The smallest absolute Gasteiger partial charge is 0.144 e. The van der Waals surface area contributed by atoms with Gasteiger partial charge in [-0.25, -0.2) is 4.21 Å². The van der Waals surface area contributed by atoms with Gasteiger partial charge < -0.3 is 0 Å². The molecule has 0 N–H and O–H groups in total. The Balaban J connectivity index is 2.27. The molecule has 2 aromatic rings. The molecule has 1 aromatic carbocycles. The Labute approximate surface area is 110 Å². The summed E-state index contributed by atoms with van der Waals surface area (Å²) >= 11 is 0. The van der Waals surface area contributed by atoms with E-state index in [1.54, 1.807) is 12.4 Å². The van der Waals surface area contributed by atoms with Crippen molar-refractivity contribution in [3.8, 4) is 0 Å². The average molecular weight is 260 g/mol. The van der Waals surface area contributed by atoms with Gasteiger partial charge in [-0.05, 0) is 44.5 Å². The molecule has 0 aliphatic rings. The fourth-order valence-corrected chi connectivity index (χ4v) is 1.97. The first-order valence-electron chi connectivity index (χ1n) is 5.78. The summed E-state index contributed by atoms with van der Waals surface area (Å²) in [6, 6.07) is 9.76.